The molecule has 0 radical (unpaired) electrons. The van der Waals surface area contributed by atoms with Crippen LogP contribution >= 0.6 is 31.9 Å². The number of ether oxygens (including phenoxy) is 3. The number of halogens is 2. The van der Waals surface area contributed by atoms with Gasteiger partial charge in [-0.25, -0.2) is 0 Å². The number of unbranched alkanes of at least 4 members (excludes halogenated alkanes) is 12. The molecule has 0 aromatic carbocycles. The highest BCUT2D eigenvalue weighted by Crippen LogP contribution is 2.19. The molecule has 0 saturated carbocycles. The van der Waals surface area contributed by atoms with Gasteiger partial charge in [0.25, 0.3) is 0 Å². The minimum atomic E-state index is -0.151. The fourth-order valence-electron chi connectivity index (χ4n) is 4.23. The van der Waals surface area contributed by atoms with Gasteiger partial charge in [0.05, 0.1) is 0 Å². The van der Waals surface area contributed by atoms with Gasteiger partial charge in [0.15, 0.2) is 12.6 Å². The first kappa shape index (κ1) is 35.8. The average Bonchev–Trinajstić information content (AvgIpc) is 2.81. The fourth-order valence-corrected chi connectivity index (χ4v) is 4.88. The summed E-state index contributed by atoms with van der Waals surface area (Å²) in [5, 5.41) is 0. The molecular weight excluding hydrogens is 568 g/mol. The topological polar surface area (TPSA) is 27.7 Å². The normalized spacial score (nSPS) is 15.3. The lowest BCUT2D eigenvalue weighted by molar-refractivity contribution is -0.250. The minimum absolute atomic E-state index is 0.151. The van der Waals surface area contributed by atoms with Crippen molar-refractivity contribution in [3.8, 4) is 0 Å². The quantitative estimate of drug-likeness (QED) is 0.0490. The van der Waals surface area contributed by atoms with Crippen molar-refractivity contribution in [3.05, 3.63) is 0 Å². The van der Waals surface area contributed by atoms with E-state index in [1.807, 2.05) is 0 Å². The molecule has 0 rings (SSSR count). The number of rotatable bonds is 28. The molecule has 0 aliphatic carbocycles. The van der Waals surface area contributed by atoms with Crippen molar-refractivity contribution in [2.24, 2.45) is 0 Å². The van der Waals surface area contributed by atoms with Gasteiger partial charge in [0.2, 0.25) is 0 Å². The third-order valence-electron chi connectivity index (χ3n) is 6.49. The molecule has 0 aromatic heterocycles. The predicted molar refractivity (Wildman–Crippen MR) is 161 cm³/mol. The summed E-state index contributed by atoms with van der Waals surface area (Å²) in [4.78, 5) is 1.08. The second-order valence-electron chi connectivity index (χ2n) is 10.4. The van der Waals surface area contributed by atoms with Crippen LogP contribution in [0.3, 0.4) is 0 Å². The van der Waals surface area contributed by atoms with E-state index in [2.05, 4.69) is 59.6 Å². The Hall–Kier alpha value is 0.840. The Morgan fingerprint density at radius 1 is 0.457 bits per heavy atom. The smallest absolute Gasteiger partial charge is 0.160 e. The van der Waals surface area contributed by atoms with Crippen LogP contribution in [-0.2, 0) is 14.2 Å². The molecule has 0 N–H and O–H groups in total. The lowest BCUT2D eigenvalue weighted by Gasteiger charge is -2.26. The van der Waals surface area contributed by atoms with E-state index in [-0.39, 0.29) is 12.6 Å². The minimum Gasteiger partial charge on any atom is -0.353 e. The SMILES string of the molecule is CCCCCCCCCOC(CCCC(C)Br)OC(CCCC(C)Br)OCCCCCCCCC. The van der Waals surface area contributed by atoms with Crippen LogP contribution in [0.15, 0.2) is 0 Å². The third-order valence-corrected chi connectivity index (χ3v) is 7.41. The van der Waals surface area contributed by atoms with Gasteiger partial charge < -0.3 is 14.2 Å². The molecule has 4 unspecified atom stereocenters. The van der Waals surface area contributed by atoms with Crippen molar-refractivity contribution >= 4 is 31.9 Å². The molecule has 0 heterocycles. The second-order valence-corrected chi connectivity index (χ2v) is 13.5. The average molecular weight is 629 g/mol. The summed E-state index contributed by atoms with van der Waals surface area (Å²) in [6.07, 6.45) is 24.3. The first-order chi connectivity index (χ1) is 17.0. The maximum atomic E-state index is 6.46. The van der Waals surface area contributed by atoms with Gasteiger partial charge in [-0.05, 0) is 51.4 Å². The van der Waals surface area contributed by atoms with Crippen molar-refractivity contribution in [1.82, 2.24) is 0 Å². The van der Waals surface area contributed by atoms with Crippen molar-refractivity contribution < 1.29 is 14.2 Å². The molecule has 0 amide bonds. The van der Waals surface area contributed by atoms with E-state index in [1.165, 1.54) is 77.0 Å². The summed E-state index contributed by atoms with van der Waals surface area (Å²) in [7, 11) is 0. The number of hydrogen-bond acceptors (Lipinski definition) is 3. The van der Waals surface area contributed by atoms with Gasteiger partial charge >= 0.3 is 0 Å². The molecule has 5 heteroatoms. The van der Waals surface area contributed by atoms with Crippen LogP contribution in [0.25, 0.3) is 0 Å². The Bertz CT molecular complexity index is 371. The molecule has 0 aromatic rings. The molecule has 0 spiro atoms. The van der Waals surface area contributed by atoms with E-state index in [1.54, 1.807) is 0 Å². The molecule has 35 heavy (non-hydrogen) atoms. The van der Waals surface area contributed by atoms with Crippen molar-refractivity contribution in [2.45, 2.75) is 178 Å². The molecule has 0 aliphatic rings. The maximum Gasteiger partial charge on any atom is 0.160 e. The highest BCUT2D eigenvalue weighted by molar-refractivity contribution is 9.09. The summed E-state index contributed by atoms with van der Waals surface area (Å²) < 4.78 is 19.0. The van der Waals surface area contributed by atoms with Gasteiger partial charge in [-0.2, -0.15) is 0 Å². The number of hydrogen-bond donors (Lipinski definition) is 0. The van der Waals surface area contributed by atoms with Gasteiger partial charge in [-0.15, -0.1) is 0 Å². The fraction of sp³-hybridized carbons (Fsp3) is 1.00. The van der Waals surface area contributed by atoms with Crippen LogP contribution in [0.4, 0.5) is 0 Å². The standard InChI is InChI=1S/C30H60Br2O3/c1-5-7-9-11-13-15-17-25-33-29(23-19-21-27(3)31)35-30(24-20-22-28(4)32)34-26-18-16-14-12-10-8-6-2/h27-30H,5-26H2,1-4H3. The molecule has 4 atom stereocenters. The van der Waals surface area contributed by atoms with E-state index in [0.717, 1.165) is 64.6 Å². The first-order valence-corrected chi connectivity index (χ1v) is 17.0. The van der Waals surface area contributed by atoms with Crippen LogP contribution < -0.4 is 0 Å². The van der Waals surface area contributed by atoms with Crippen molar-refractivity contribution in [2.75, 3.05) is 13.2 Å². The zero-order chi connectivity index (χ0) is 26.0. The highest BCUT2D eigenvalue weighted by Gasteiger charge is 2.18. The summed E-state index contributed by atoms with van der Waals surface area (Å²) in [6.45, 7) is 10.6. The summed E-state index contributed by atoms with van der Waals surface area (Å²) in [5.41, 5.74) is 0. The van der Waals surface area contributed by atoms with Gasteiger partial charge in [0, 0.05) is 22.9 Å². The molecule has 212 valence electrons. The van der Waals surface area contributed by atoms with Gasteiger partial charge in [-0.1, -0.05) is 137 Å². The molecule has 0 fully saturated rings. The zero-order valence-electron chi connectivity index (χ0n) is 23.8. The van der Waals surface area contributed by atoms with E-state index in [9.17, 15) is 0 Å². The molecule has 0 aliphatic heterocycles. The van der Waals surface area contributed by atoms with E-state index >= 15 is 0 Å². The lowest BCUT2D eigenvalue weighted by atomic mass is 10.1. The Morgan fingerprint density at radius 2 is 0.800 bits per heavy atom. The third kappa shape index (κ3) is 27.7. The molecule has 0 saturated heterocycles. The van der Waals surface area contributed by atoms with Crippen LogP contribution in [0, 0.1) is 0 Å². The van der Waals surface area contributed by atoms with Crippen molar-refractivity contribution in [3.63, 3.8) is 0 Å². The molecule has 3 nitrogen and oxygen atoms in total. The highest BCUT2D eigenvalue weighted by atomic mass is 79.9. The monoisotopic (exact) mass is 626 g/mol. The zero-order valence-corrected chi connectivity index (χ0v) is 27.0. The van der Waals surface area contributed by atoms with Crippen LogP contribution in [0.1, 0.15) is 156 Å². The Kier molecular flexibility index (Phi) is 28.5. The largest absolute Gasteiger partial charge is 0.353 e. The molecule has 0 bridgehead atoms. The summed E-state index contributed by atoms with van der Waals surface area (Å²) in [6, 6.07) is 0. The molecular formula is C30H60Br2O3. The Morgan fingerprint density at radius 3 is 1.14 bits per heavy atom. The van der Waals surface area contributed by atoms with Crippen LogP contribution in [0.5, 0.6) is 0 Å². The van der Waals surface area contributed by atoms with E-state index < -0.39 is 0 Å². The van der Waals surface area contributed by atoms with Crippen molar-refractivity contribution in [1.29, 1.82) is 0 Å². The lowest BCUT2D eigenvalue weighted by Crippen LogP contribution is -2.28. The maximum absolute atomic E-state index is 6.46. The predicted octanol–water partition coefficient (Wildman–Crippen LogP) is 11.1. The van der Waals surface area contributed by atoms with Gasteiger partial charge in [0.1, 0.15) is 0 Å². The van der Waals surface area contributed by atoms with Crippen LogP contribution in [-0.4, -0.2) is 35.4 Å². The first-order valence-electron chi connectivity index (χ1n) is 15.2. The Balaban J connectivity index is 4.49. The summed E-state index contributed by atoms with van der Waals surface area (Å²) >= 11 is 7.36. The van der Waals surface area contributed by atoms with E-state index in [0.29, 0.717) is 9.65 Å². The van der Waals surface area contributed by atoms with Gasteiger partial charge in [-0.3, -0.25) is 0 Å². The summed E-state index contributed by atoms with van der Waals surface area (Å²) in [5.74, 6) is 0. The van der Waals surface area contributed by atoms with E-state index in [4.69, 9.17) is 14.2 Å². The number of alkyl halides is 2. The van der Waals surface area contributed by atoms with Crippen LogP contribution in [0.2, 0.25) is 0 Å². The Labute approximate surface area is 236 Å². The second kappa shape index (κ2) is 27.9.